The van der Waals surface area contributed by atoms with Gasteiger partial charge in [-0.15, -0.1) is 0 Å². The third-order valence-corrected chi connectivity index (χ3v) is 4.11. The van der Waals surface area contributed by atoms with Gasteiger partial charge >= 0.3 is 0 Å². The fourth-order valence-electron chi connectivity index (χ4n) is 2.92. The zero-order valence-electron chi connectivity index (χ0n) is 11.2. The number of hydrogen-bond donors (Lipinski definition) is 1. The fourth-order valence-corrected chi connectivity index (χ4v) is 3.10. The Balaban J connectivity index is 2.05. The van der Waals surface area contributed by atoms with Gasteiger partial charge in [-0.3, -0.25) is 0 Å². The van der Waals surface area contributed by atoms with Crippen LogP contribution in [0, 0.1) is 5.92 Å². The number of halogens is 1. The molecule has 0 aromatic heterocycles. The molecule has 1 aliphatic rings. The van der Waals surface area contributed by atoms with E-state index in [4.69, 9.17) is 17.3 Å². The molecule has 0 spiro atoms. The first-order valence-corrected chi connectivity index (χ1v) is 7.38. The van der Waals surface area contributed by atoms with E-state index in [0.29, 0.717) is 0 Å². The summed E-state index contributed by atoms with van der Waals surface area (Å²) in [6.45, 7) is 4.52. The lowest BCUT2D eigenvalue weighted by atomic mass is 9.96. The molecule has 1 heterocycles. The Labute approximate surface area is 115 Å². The average Bonchev–Trinajstić information content (AvgIpc) is 2.55. The van der Waals surface area contributed by atoms with Crippen molar-refractivity contribution < 1.29 is 0 Å². The Morgan fingerprint density at radius 3 is 2.89 bits per heavy atom. The molecule has 2 nitrogen and oxygen atoms in total. The highest BCUT2D eigenvalue weighted by molar-refractivity contribution is 6.31. The number of nitrogens with two attached hydrogens (primary N) is 1. The van der Waals surface area contributed by atoms with Gasteiger partial charge in [-0.05, 0) is 43.4 Å². The van der Waals surface area contributed by atoms with Crippen LogP contribution in [-0.2, 0) is 0 Å². The van der Waals surface area contributed by atoms with E-state index in [1.807, 2.05) is 12.1 Å². The first-order valence-electron chi connectivity index (χ1n) is 7.00. The molecule has 1 aliphatic heterocycles. The van der Waals surface area contributed by atoms with Gasteiger partial charge in [0.25, 0.3) is 0 Å². The normalized spacial score (nSPS) is 20.8. The summed E-state index contributed by atoms with van der Waals surface area (Å²) >= 11 is 5.95. The molecule has 3 heteroatoms. The van der Waals surface area contributed by atoms with Crippen LogP contribution in [0.25, 0.3) is 0 Å². The molecule has 0 radical (unpaired) electrons. The van der Waals surface area contributed by atoms with Crippen LogP contribution < -0.4 is 10.6 Å². The molecule has 0 bridgehead atoms. The Bertz CT molecular complexity index is 392. The van der Waals surface area contributed by atoms with Crippen LogP contribution in [0.15, 0.2) is 18.2 Å². The Kier molecular flexibility index (Phi) is 4.76. The summed E-state index contributed by atoms with van der Waals surface area (Å²) in [5.41, 5.74) is 8.02. The monoisotopic (exact) mass is 266 g/mol. The van der Waals surface area contributed by atoms with E-state index in [1.165, 1.54) is 32.1 Å². The van der Waals surface area contributed by atoms with Crippen molar-refractivity contribution >= 4 is 23.0 Å². The van der Waals surface area contributed by atoms with Crippen LogP contribution >= 0.6 is 11.6 Å². The Morgan fingerprint density at radius 2 is 2.17 bits per heavy atom. The van der Waals surface area contributed by atoms with Crippen molar-refractivity contribution in [3.8, 4) is 0 Å². The van der Waals surface area contributed by atoms with E-state index >= 15 is 0 Å². The van der Waals surface area contributed by atoms with E-state index in [2.05, 4.69) is 17.9 Å². The van der Waals surface area contributed by atoms with Crippen molar-refractivity contribution in [1.82, 2.24) is 0 Å². The lowest BCUT2D eigenvalue weighted by Crippen LogP contribution is -2.25. The maximum Gasteiger partial charge on any atom is 0.0600 e. The van der Waals surface area contributed by atoms with Crippen molar-refractivity contribution in [2.24, 2.45) is 5.92 Å². The highest BCUT2D eigenvalue weighted by Crippen LogP contribution is 2.30. The van der Waals surface area contributed by atoms with Gasteiger partial charge in [-0.1, -0.05) is 31.4 Å². The molecule has 1 saturated heterocycles. The smallest absolute Gasteiger partial charge is 0.0600 e. The van der Waals surface area contributed by atoms with Gasteiger partial charge in [0.2, 0.25) is 0 Å². The van der Waals surface area contributed by atoms with E-state index < -0.39 is 0 Å². The number of nitrogens with zero attached hydrogens (tertiary/aromatic N) is 1. The summed E-state index contributed by atoms with van der Waals surface area (Å²) in [6, 6.07) is 5.84. The maximum absolute atomic E-state index is 6.07. The minimum Gasteiger partial charge on any atom is -0.397 e. The second-order valence-corrected chi connectivity index (χ2v) is 5.71. The third kappa shape index (κ3) is 3.32. The lowest BCUT2D eigenvalue weighted by Gasteiger charge is -2.24. The number of nitrogen functional groups attached to an aromatic ring is 1. The van der Waals surface area contributed by atoms with Gasteiger partial charge in [0.05, 0.1) is 11.4 Å². The zero-order valence-corrected chi connectivity index (χ0v) is 11.9. The van der Waals surface area contributed by atoms with Crippen LogP contribution in [0.4, 0.5) is 11.4 Å². The van der Waals surface area contributed by atoms with E-state index in [0.717, 1.165) is 35.4 Å². The Morgan fingerprint density at radius 1 is 1.33 bits per heavy atom. The summed E-state index contributed by atoms with van der Waals surface area (Å²) < 4.78 is 0. The van der Waals surface area contributed by atoms with E-state index in [-0.39, 0.29) is 0 Å². The molecular weight excluding hydrogens is 244 g/mol. The number of hydrogen-bond acceptors (Lipinski definition) is 2. The minimum atomic E-state index is 0.718. The molecule has 0 amide bonds. The van der Waals surface area contributed by atoms with Crippen LogP contribution in [0.2, 0.25) is 5.02 Å². The van der Waals surface area contributed by atoms with Gasteiger partial charge in [0.1, 0.15) is 0 Å². The predicted octanol–water partition coefficient (Wildman–Crippen LogP) is 4.33. The SMILES string of the molecule is CCCC1CCCN(c2ccc(Cl)cc2N)CC1. The van der Waals surface area contributed by atoms with E-state index in [1.54, 1.807) is 0 Å². The van der Waals surface area contributed by atoms with E-state index in [9.17, 15) is 0 Å². The highest BCUT2D eigenvalue weighted by Gasteiger charge is 2.17. The maximum atomic E-state index is 6.07. The molecule has 2 N–H and O–H groups in total. The first-order chi connectivity index (χ1) is 8.70. The van der Waals surface area contributed by atoms with Gasteiger partial charge in [0.15, 0.2) is 0 Å². The molecule has 0 aliphatic carbocycles. The predicted molar refractivity (Wildman–Crippen MR) is 80.3 cm³/mol. The first kappa shape index (κ1) is 13.5. The third-order valence-electron chi connectivity index (χ3n) is 3.87. The minimum absolute atomic E-state index is 0.718. The molecule has 18 heavy (non-hydrogen) atoms. The summed E-state index contributed by atoms with van der Waals surface area (Å²) in [6.07, 6.45) is 6.58. The molecule has 1 atom stereocenters. The fraction of sp³-hybridized carbons (Fsp3) is 0.600. The van der Waals surface area contributed by atoms with Crippen molar-refractivity contribution in [2.75, 3.05) is 23.7 Å². The quantitative estimate of drug-likeness (QED) is 0.825. The molecule has 1 fully saturated rings. The van der Waals surface area contributed by atoms with Crippen molar-refractivity contribution in [1.29, 1.82) is 0 Å². The average molecular weight is 267 g/mol. The lowest BCUT2D eigenvalue weighted by molar-refractivity contribution is 0.435. The number of rotatable bonds is 3. The van der Waals surface area contributed by atoms with Crippen LogP contribution in [0.1, 0.15) is 39.0 Å². The number of anilines is 2. The second kappa shape index (κ2) is 6.33. The van der Waals surface area contributed by atoms with Crippen molar-refractivity contribution in [3.05, 3.63) is 23.2 Å². The topological polar surface area (TPSA) is 29.3 Å². The van der Waals surface area contributed by atoms with Crippen LogP contribution in [0.3, 0.4) is 0 Å². The largest absolute Gasteiger partial charge is 0.397 e. The van der Waals surface area contributed by atoms with Gasteiger partial charge in [-0.25, -0.2) is 0 Å². The molecule has 100 valence electrons. The summed E-state index contributed by atoms with van der Waals surface area (Å²) in [4.78, 5) is 2.42. The molecule has 2 rings (SSSR count). The molecule has 0 saturated carbocycles. The summed E-state index contributed by atoms with van der Waals surface area (Å²) in [5, 5.41) is 0.718. The number of benzene rings is 1. The summed E-state index contributed by atoms with van der Waals surface area (Å²) in [5.74, 6) is 0.897. The van der Waals surface area contributed by atoms with Gasteiger partial charge in [-0.2, -0.15) is 0 Å². The van der Waals surface area contributed by atoms with Crippen molar-refractivity contribution in [3.63, 3.8) is 0 Å². The molecule has 1 unspecified atom stereocenters. The Hall–Kier alpha value is -0.890. The highest BCUT2D eigenvalue weighted by atomic mass is 35.5. The molecule has 1 aromatic carbocycles. The van der Waals surface area contributed by atoms with Gasteiger partial charge < -0.3 is 10.6 Å². The van der Waals surface area contributed by atoms with Gasteiger partial charge in [0, 0.05) is 18.1 Å². The molecule has 1 aromatic rings. The summed E-state index contributed by atoms with van der Waals surface area (Å²) in [7, 11) is 0. The second-order valence-electron chi connectivity index (χ2n) is 5.28. The van der Waals surface area contributed by atoms with Crippen molar-refractivity contribution in [2.45, 2.75) is 39.0 Å². The van der Waals surface area contributed by atoms with Crippen LogP contribution in [0.5, 0.6) is 0 Å². The molecular formula is C15H23ClN2. The zero-order chi connectivity index (χ0) is 13.0. The van der Waals surface area contributed by atoms with Crippen LogP contribution in [-0.4, -0.2) is 13.1 Å². The standard InChI is InChI=1S/C15H23ClN2/c1-2-4-12-5-3-9-18(10-8-12)15-7-6-13(16)11-14(15)17/h6-7,11-12H,2-5,8-10,17H2,1H3.